The lowest BCUT2D eigenvalue weighted by atomic mass is 10.1. The molecule has 0 radical (unpaired) electrons. The van der Waals surface area contributed by atoms with Gasteiger partial charge in [-0.15, -0.1) is 0 Å². The summed E-state index contributed by atoms with van der Waals surface area (Å²) >= 11 is 0. The van der Waals surface area contributed by atoms with Crippen LogP contribution in [0, 0.1) is 10.1 Å². The summed E-state index contributed by atoms with van der Waals surface area (Å²) in [5.41, 5.74) is 0.541. The Hall–Kier alpha value is -2.57. The molecule has 0 unspecified atom stereocenters. The second-order valence-corrected chi connectivity index (χ2v) is 3.73. The minimum absolute atomic E-state index is 0.0337. The average molecular weight is 261 g/mol. The van der Waals surface area contributed by atoms with Gasteiger partial charge in [0, 0.05) is 11.5 Å². The molecule has 0 saturated carbocycles. The van der Waals surface area contributed by atoms with Crippen LogP contribution >= 0.6 is 0 Å². The van der Waals surface area contributed by atoms with Crippen LogP contribution in [-0.2, 0) is 16.0 Å². The molecule has 0 aliphatic rings. The fourth-order valence-electron chi connectivity index (χ4n) is 1.76. The van der Waals surface area contributed by atoms with Crippen molar-refractivity contribution in [1.82, 2.24) is 9.97 Å². The first-order valence-electron chi connectivity index (χ1n) is 5.66. The molecule has 1 aromatic heterocycles. The number of rotatable bonds is 4. The molecule has 0 atom stereocenters. The highest BCUT2D eigenvalue weighted by Gasteiger charge is 2.16. The molecule has 19 heavy (non-hydrogen) atoms. The van der Waals surface area contributed by atoms with Gasteiger partial charge in [-0.05, 0) is 6.92 Å². The van der Waals surface area contributed by atoms with Crippen molar-refractivity contribution in [2.75, 3.05) is 6.61 Å². The second-order valence-electron chi connectivity index (χ2n) is 3.73. The smallest absolute Gasteiger partial charge is 0.311 e. The Bertz CT molecular complexity index is 642. The Balaban J connectivity index is 2.49. The SMILES string of the molecule is CCOC(=O)Cc1ncnc2c([N+](=O)[O-])cccc12. The maximum atomic E-state index is 11.5. The van der Waals surface area contributed by atoms with Gasteiger partial charge in [0.1, 0.15) is 6.33 Å². The van der Waals surface area contributed by atoms with Crippen molar-refractivity contribution in [2.24, 2.45) is 0 Å². The quantitative estimate of drug-likeness (QED) is 0.471. The lowest BCUT2D eigenvalue weighted by molar-refractivity contribution is -0.383. The molecule has 7 heteroatoms. The third-order valence-electron chi connectivity index (χ3n) is 2.54. The number of hydrogen-bond acceptors (Lipinski definition) is 6. The van der Waals surface area contributed by atoms with Crippen LogP contribution in [0.25, 0.3) is 10.9 Å². The Kier molecular flexibility index (Phi) is 3.65. The zero-order valence-electron chi connectivity index (χ0n) is 10.2. The van der Waals surface area contributed by atoms with Crippen LogP contribution in [0.5, 0.6) is 0 Å². The molecular weight excluding hydrogens is 250 g/mol. The minimum atomic E-state index is -0.510. The van der Waals surface area contributed by atoms with Gasteiger partial charge >= 0.3 is 5.97 Å². The van der Waals surface area contributed by atoms with E-state index in [0.29, 0.717) is 11.1 Å². The molecule has 0 aliphatic carbocycles. The van der Waals surface area contributed by atoms with Crippen molar-refractivity contribution in [3.63, 3.8) is 0 Å². The van der Waals surface area contributed by atoms with E-state index < -0.39 is 10.9 Å². The highest BCUT2D eigenvalue weighted by atomic mass is 16.6. The number of benzene rings is 1. The van der Waals surface area contributed by atoms with Crippen LogP contribution in [0.4, 0.5) is 5.69 Å². The summed E-state index contributed by atoms with van der Waals surface area (Å²) in [6.45, 7) is 1.99. The predicted octanol–water partition coefficient (Wildman–Crippen LogP) is 1.64. The number of para-hydroxylation sites is 1. The Morgan fingerprint density at radius 1 is 1.42 bits per heavy atom. The van der Waals surface area contributed by atoms with Gasteiger partial charge in [-0.3, -0.25) is 14.9 Å². The van der Waals surface area contributed by atoms with Gasteiger partial charge in [0.05, 0.1) is 23.6 Å². The van der Waals surface area contributed by atoms with E-state index in [9.17, 15) is 14.9 Å². The van der Waals surface area contributed by atoms with Gasteiger partial charge in [0.25, 0.3) is 5.69 Å². The van der Waals surface area contributed by atoms with E-state index in [-0.39, 0.29) is 24.2 Å². The van der Waals surface area contributed by atoms with Gasteiger partial charge in [-0.25, -0.2) is 9.97 Å². The molecule has 2 rings (SSSR count). The van der Waals surface area contributed by atoms with Crippen LogP contribution in [0.3, 0.4) is 0 Å². The lowest BCUT2D eigenvalue weighted by Gasteiger charge is -2.05. The first-order valence-corrected chi connectivity index (χ1v) is 5.66. The molecule has 1 heterocycles. The van der Waals surface area contributed by atoms with Gasteiger partial charge < -0.3 is 4.74 Å². The van der Waals surface area contributed by atoms with Gasteiger partial charge in [0.2, 0.25) is 0 Å². The Morgan fingerprint density at radius 3 is 2.89 bits per heavy atom. The summed E-state index contributed by atoms with van der Waals surface area (Å²) in [4.78, 5) is 29.8. The van der Waals surface area contributed by atoms with E-state index >= 15 is 0 Å². The third-order valence-corrected chi connectivity index (χ3v) is 2.54. The standard InChI is InChI=1S/C12H11N3O4/c1-2-19-11(16)6-9-8-4-3-5-10(15(17)18)12(8)14-7-13-9/h3-5,7H,2,6H2,1H3. The molecule has 7 nitrogen and oxygen atoms in total. The molecule has 0 spiro atoms. The molecule has 0 bridgehead atoms. The number of nitro benzene ring substituents is 1. The fourth-order valence-corrected chi connectivity index (χ4v) is 1.76. The van der Waals surface area contributed by atoms with Crippen molar-refractivity contribution < 1.29 is 14.5 Å². The molecule has 0 fully saturated rings. The molecule has 1 aromatic carbocycles. The Morgan fingerprint density at radius 2 is 2.21 bits per heavy atom. The maximum Gasteiger partial charge on any atom is 0.311 e. The van der Waals surface area contributed by atoms with Gasteiger partial charge in [-0.2, -0.15) is 0 Å². The number of hydrogen-bond donors (Lipinski definition) is 0. The zero-order chi connectivity index (χ0) is 13.8. The predicted molar refractivity (Wildman–Crippen MR) is 66.5 cm³/mol. The maximum absolute atomic E-state index is 11.5. The summed E-state index contributed by atoms with van der Waals surface area (Å²) in [5.74, 6) is -0.422. The number of carbonyl (C=O) groups excluding carboxylic acids is 1. The molecule has 0 saturated heterocycles. The largest absolute Gasteiger partial charge is 0.466 e. The fraction of sp³-hybridized carbons (Fsp3) is 0.250. The van der Waals surface area contributed by atoms with Gasteiger partial charge in [-0.1, -0.05) is 12.1 Å². The summed E-state index contributed by atoms with van der Waals surface area (Å²) in [5, 5.41) is 11.4. The number of carbonyl (C=O) groups is 1. The summed E-state index contributed by atoms with van der Waals surface area (Å²) < 4.78 is 4.84. The molecular formula is C12H11N3O4. The van der Waals surface area contributed by atoms with Crippen molar-refractivity contribution >= 4 is 22.6 Å². The topological polar surface area (TPSA) is 95.2 Å². The Labute approximate surface area is 108 Å². The van der Waals surface area contributed by atoms with E-state index in [4.69, 9.17) is 4.74 Å². The van der Waals surface area contributed by atoms with Crippen molar-refractivity contribution in [1.29, 1.82) is 0 Å². The molecule has 2 aromatic rings. The van der Waals surface area contributed by atoms with Crippen molar-refractivity contribution in [2.45, 2.75) is 13.3 Å². The van der Waals surface area contributed by atoms with E-state index in [1.54, 1.807) is 19.1 Å². The summed E-state index contributed by atoms with van der Waals surface area (Å²) in [6.07, 6.45) is 1.18. The van der Waals surface area contributed by atoms with Crippen LogP contribution in [0.15, 0.2) is 24.5 Å². The van der Waals surface area contributed by atoms with E-state index in [0.717, 1.165) is 0 Å². The number of nitro groups is 1. The molecule has 98 valence electrons. The molecule has 0 amide bonds. The van der Waals surface area contributed by atoms with E-state index in [1.165, 1.54) is 12.4 Å². The first kappa shape index (κ1) is 12.9. The first-order chi connectivity index (χ1) is 9.13. The monoisotopic (exact) mass is 261 g/mol. The van der Waals surface area contributed by atoms with E-state index in [1.807, 2.05) is 0 Å². The van der Waals surface area contributed by atoms with Crippen LogP contribution in [-0.4, -0.2) is 27.5 Å². The number of fused-ring (bicyclic) bond motifs is 1. The summed E-state index contributed by atoms with van der Waals surface area (Å²) in [6, 6.07) is 4.55. The molecule has 0 N–H and O–H groups in total. The highest BCUT2D eigenvalue weighted by Crippen LogP contribution is 2.24. The third kappa shape index (κ3) is 2.65. The number of non-ortho nitro benzene ring substituents is 1. The zero-order valence-corrected chi connectivity index (χ0v) is 10.2. The van der Waals surface area contributed by atoms with Crippen LogP contribution in [0.1, 0.15) is 12.6 Å². The summed E-state index contributed by atoms with van der Waals surface area (Å²) in [7, 11) is 0. The highest BCUT2D eigenvalue weighted by molar-refractivity contribution is 5.90. The number of aromatic nitrogens is 2. The van der Waals surface area contributed by atoms with Crippen LogP contribution < -0.4 is 0 Å². The number of esters is 1. The normalized spacial score (nSPS) is 10.4. The average Bonchev–Trinajstić information content (AvgIpc) is 2.38. The van der Waals surface area contributed by atoms with Gasteiger partial charge in [0.15, 0.2) is 5.52 Å². The van der Waals surface area contributed by atoms with Crippen molar-refractivity contribution in [3.8, 4) is 0 Å². The van der Waals surface area contributed by atoms with E-state index in [2.05, 4.69) is 9.97 Å². The van der Waals surface area contributed by atoms with Crippen molar-refractivity contribution in [3.05, 3.63) is 40.3 Å². The number of ether oxygens (including phenoxy) is 1. The van der Waals surface area contributed by atoms with Crippen LogP contribution in [0.2, 0.25) is 0 Å². The lowest BCUT2D eigenvalue weighted by Crippen LogP contribution is -2.09. The second kappa shape index (κ2) is 5.38. The minimum Gasteiger partial charge on any atom is -0.466 e. The molecule has 0 aliphatic heterocycles. The number of nitrogens with zero attached hydrogens (tertiary/aromatic N) is 3.